The second-order valence-corrected chi connectivity index (χ2v) is 4.65. The Balaban J connectivity index is 1.96. The number of ketones is 1. The standard InChI is InChI=1S/C16H16BNO2/c1-12(9-17)16(19)15-8-7-14(10-18-15)20-11-13-5-3-2-4-6-13/h2-8,10,12H,9,11H2,1H3. The van der Waals surface area contributed by atoms with Crippen LogP contribution in [-0.2, 0) is 6.61 Å². The number of aromatic nitrogens is 1. The van der Waals surface area contributed by atoms with Crippen LogP contribution in [0.3, 0.4) is 0 Å². The first-order chi connectivity index (χ1) is 9.70. The number of nitrogens with zero attached hydrogens (tertiary/aromatic N) is 1. The van der Waals surface area contributed by atoms with Crippen molar-refractivity contribution in [1.82, 2.24) is 4.98 Å². The quantitative estimate of drug-likeness (QED) is 0.595. The minimum Gasteiger partial charge on any atom is -0.487 e. The molecule has 0 aliphatic heterocycles. The van der Waals surface area contributed by atoms with E-state index in [1.165, 1.54) is 0 Å². The van der Waals surface area contributed by atoms with E-state index in [1.807, 2.05) is 30.3 Å². The predicted octanol–water partition coefficient (Wildman–Crippen LogP) is 3.07. The van der Waals surface area contributed by atoms with Crippen molar-refractivity contribution in [3.05, 3.63) is 59.9 Å². The van der Waals surface area contributed by atoms with Gasteiger partial charge in [-0.3, -0.25) is 4.79 Å². The second kappa shape index (κ2) is 6.89. The summed E-state index contributed by atoms with van der Waals surface area (Å²) in [4.78, 5) is 16.0. The van der Waals surface area contributed by atoms with E-state index < -0.39 is 0 Å². The normalized spacial score (nSPS) is 11.8. The van der Waals surface area contributed by atoms with Gasteiger partial charge in [-0.2, -0.15) is 0 Å². The Morgan fingerprint density at radius 1 is 1.25 bits per heavy atom. The molecule has 100 valence electrons. The van der Waals surface area contributed by atoms with E-state index in [0.717, 1.165) is 5.56 Å². The fourth-order valence-corrected chi connectivity index (χ4v) is 1.71. The van der Waals surface area contributed by atoms with Crippen molar-refractivity contribution in [1.29, 1.82) is 0 Å². The van der Waals surface area contributed by atoms with Gasteiger partial charge < -0.3 is 4.74 Å². The number of Topliss-reactive ketones (excluding diaryl/α,β-unsaturated/α-hetero) is 1. The van der Waals surface area contributed by atoms with E-state index in [2.05, 4.69) is 4.98 Å². The Labute approximate surface area is 120 Å². The molecule has 1 unspecified atom stereocenters. The summed E-state index contributed by atoms with van der Waals surface area (Å²) in [6.07, 6.45) is 1.90. The number of benzene rings is 1. The van der Waals surface area contributed by atoms with E-state index in [9.17, 15) is 4.79 Å². The van der Waals surface area contributed by atoms with Gasteiger partial charge in [0.2, 0.25) is 0 Å². The molecule has 3 nitrogen and oxygen atoms in total. The maximum atomic E-state index is 11.9. The van der Waals surface area contributed by atoms with Crippen LogP contribution in [0.15, 0.2) is 48.7 Å². The van der Waals surface area contributed by atoms with Crippen molar-refractivity contribution in [2.24, 2.45) is 5.92 Å². The van der Waals surface area contributed by atoms with Gasteiger partial charge in [0.05, 0.1) is 14.0 Å². The molecule has 0 spiro atoms. The lowest BCUT2D eigenvalue weighted by Crippen LogP contribution is -2.12. The Hall–Kier alpha value is -2.10. The van der Waals surface area contributed by atoms with Gasteiger partial charge in [0.1, 0.15) is 18.1 Å². The monoisotopic (exact) mass is 265 g/mol. The maximum absolute atomic E-state index is 11.9. The molecule has 0 aliphatic carbocycles. The highest BCUT2D eigenvalue weighted by atomic mass is 16.5. The molecule has 0 N–H and O–H groups in total. The van der Waals surface area contributed by atoms with Crippen LogP contribution in [0, 0.1) is 5.92 Å². The molecular formula is C16H16BNO2. The Kier molecular flexibility index (Phi) is 4.94. The summed E-state index contributed by atoms with van der Waals surface area (Å²) >= 11 is 0. The highest BCUT2D eigenvalue weighted by Gasteiger charge is 2.14. The average Bonchev–Trinajstić information content (AvgIpc) is 2.53. The van der Waals surface area contributed by atoms with Crippen molar-refractivity contribution < 1.29 is 9.53 Å². The van der Waals surface area contributed by atoms with Crippen molar-refractivity contribution in [2.75, 3.05) is 0 Å². The lowest BCUT2D eigenvalue weighted by Gasteiger charge is -2.08. The number of hydrogen-bond donors (Lipinski definition) is 0. The minimum absolute atomic E-state index is 0.0397. The fraction of sp³-hybridized carbons (Fsp3) is 0.250. The molecular weight excluding hydrogens is 249 g/mol. The molecule has 1 heterocycles. The van der Waals surface area contributed by atoms with E-state index in [0.29, 0.717) is 24.4 Å². The second-order valence-electron chi connectivity index (χ2n) is 4.65. The highest BCUT2D eigenvalue weighted by molar-refractivity contribution is 6.11. The third-order valence-electron chi connectivity index (χ3n) is 3.04. The van der Waals surface area contributed by atoms with Gasteiger partial charge >= 0.3 is 0 Å². The van der Waals surface area contributed by atoms with Gasteiger partial charge in [0.25, 0.3) is 0 Å². The maximum Gasteiger partial charge on any atom is 0.183 e. The van der Waals surface area contributed by atoms with Crippen LogP contribution in [0.4, 0.5) is 0 Å². The van der Waals surface area contributed by atoms with Gasteiger partial charge in [-0.05, 0) is 17.7 Å². The summed E-state index contributed by atoms with van der Waals surface area (Å²) < 4.78 is 5.62. The highest BCUT2D eigenvalue weighted by Crippen LogP contribution is 2.15. The van der Waals surface area contributed by atoms with Gasteiger partial charge in [-0.15, -0.1) is 0 Å². The minimum atomic E-state index is -0.210. The molecule has 4 heteroatoms. The van der Waals surface area contributed by atoms with Gasteiger partial charge in [0, 0.05) is 5.92 Å². The smallest absolute Gasteiger partial charge is 0.183 e. The fourth-order valence-electron chi connectivity index (χ4n) is 1.71. The van der Waals surface area contributed by atoms with E-state index >= 15 is 0 Å². The third kappa shape index (κ3) is 3.70. The zero-order chi connectivity index (χ0) is 14.4. The molecule has 0 fully saturated rings. The summed E-state index contributed by atoms with van der Waals surface area (Å²) in [5, 5.41) is 0. The number of carbonyl (C=O) groups excluding carboxylic acids is 1. The lowest BCUT2D eigenvalue weighted by atomic mass is 9.88. The van der Waals surface area contributed by atoms with Gasteiger partial charge in [-0.25, -0.2) is 4.98 Å². The topological polar surface area (TPSA) is 39.2 Å². The zero-order valence-corrected chi connectivity index (χ0v) is 11.5. The van der Waals surface area contributed by atoms with Crippen molar-refractivity contribution in [3.8, 4) is 5.75 Å². The Morgan fingerprint density at radius 2 is 2.00 bits per heavy atom. The van der Waals surface area contributed by atoms with E-state index in [1.54, 1.807) is 25.3 Å². The molecule has 2 aromatic rings. The molecule has 1 aromatic carbocycles. The van der Waals surface area contributed by atoms with Crippen LogP contribution in [0.2, 0.25) is 6.32 Å². The number of carbonyl (C=O) groups is 1. The van der Waals surface area contributed by atoms with Crippen LogP contribution >= 0.6 is 0 Å². The lowest BCUT2D eigenvalue weighted by molar-refractivity contribution is 0.0934. The number of ether oxygens (including phenoxy) is 1. The molecule has 2 radical (unpaired) electrons. The average molecular weight is 265 g/mol. The molecule has 0 bridgehead atoms. The van der Waals surface area contributed by atoms with Crippen molar-refractivity contribution >= 4 is 13.6 Å². The summed E-state index contributed by atoms with van der Waals surface area (Å²) in [7, 11) is 5.48. The first-order valence-electron chi connectivity index (χ1n) is 6.57. The zero-order valence-electron chi connectivity index (χ0n) is 11.5. The molecule has 20 heavy (non-hydrogen) atoms. The number of pyridine rings is 1. The third-order valence-corrected chi connectivity index (χ3v) is 3.04. The van der Waals surface area contributed by atoms with Crippen LogP contribution in [-0.4, -0.2) is 18.6 Å². The first kappa shape index (κ1) is 14.3. The molecule has 0 amide bonds. The number of rotatable bonds is 6. The molecule has 0 saturated heterocycles. The molecule has 0 aliphatic rings. The SMILES string of the molecule is [B]CC(C)C(=O)c1ccc(OCc2ccccc2)cn1. The number of hydrogen-bond acceptors (Lipinski definition) is 3. The molecule has 0 saturated carbocycles. The molecule has 1 aromatic heterocycles. The molecule has 1 atom stereocenters. The van der Waals surface area contributed by atoms with Crippen LogP contribution in [0.1, 0.15) is 23.0 Å². The first-order valence-corrected chi connectivity index (χ1v) is 6.57. The van der Waals surface area contributed by atoms with E-state index in [-0.39, 0.29) is 11.7 Å². The van der Waals surface area contributed by atoms with Crippen LogP contribution in [0.25, 0.3) is 0 Å². The Bertz CT molecular complexity index is 554. The Morgan fingerprint density at radius 3 is 2.60 bits per heavy atom. The van der Waals surface area contributed by atoms with Crippen molar-refractivity contribution in [3.63, 3.8) is 0 Å². The largest absolute Gasteiger partial charge is 0.487 e. The van der Waals surface area contributed by atoms with Crippen LogP contribution in [0.5, 0.6) is 5.75 Å². The molecule has 2 rings (SSSR count). The summed E-state index contributed by atoms with van der Waals surface area (Å²) in [5.74, 6) is 0.395. The van der Waals surface area contributed by atoms with Crippen LogP contribution < -0.4 is 4.74 Å². The summed E-state index contributed by atoms with van der Waals surface area (Å²) in [6.45, 7) is 2.28. The van der Waals surface area contributed by atoms with Gasteiger partial charge in [-0.1, -0.05) is 43.6 Å². The van der Waals surface area contributed by atoms with Crippen molar-refractivity contribution in [2.45, 2.75) is 19.9 Å². The summed E-state index contributed by atoms with van der Waals surface area (Å²) in [5.41, 5.74) is 1.51. The van der Waals surface area contributed by atoms with E-state index in [4.69, 9.17) is 12.6 Å². The van der Waals surface area contributed by atoms with Gasteiger partial charge in [0.15, 0.2) is 5.78 Å². The predicted molar refractivity (Wildman–Crippen MR) is 79.1 cm³/mol. The summed E-state index contributed by atoms with van der Waals surface area (Å²) in [6, 6.07) is 13.3.